The van der Waals surface area contributed by atoms with Gasteiger partial charge in [0, 0.05) is 13.1 Å². The van der Waals surface area contributed by atoms with Crippen molar-refractivity contribution in [1.82, 2.24) is 4.90 Å². The highest BCUT2D eigenvalue weighted by atomic mass is 15.3. The van der Waals surface area contributed by atoms with Crippen molar-refractivity contribution in [3.63, 3.8) is 0 Å². The molecule has 0 spiro atoms. The monoisotopic (exact) mass is 187 g/mol. The van der Waals surface area contributed by atoms with Crippen molar-refractivity contribution in [2.75, 3.05) is 13.1 Å². The first-order valence-electron chi connectivity index (χ1n) is 5.14. The zero-order valence-electron chi connectivity index (χ0n) is 8.00. The zero-order chi connectivity index (χ0) is 9.38. The average Bonchev–Trinajstić information content (AvgIpc) is 2.29. The first-order valence-corrected chi connectivity index (χ1v) is 5.14. The fraction of sp³-hybridized carbons (Fsp3) is 0.455. The number of fused-ring (bicyclic) bond motifs is 3. The molecule has 3 aliphatic rings. The third-order valence-corrected chi connectivity index (χ3v) is 2.92. The minimum atomic E-state index is 0.303. The van der Waals surface area contributed by atoms with E-state index in [1.807, 2.05) is 6.21 Å². The zero-order valence-corrected chi connectivity index (χ0v) is 8.00. The Labute approximate surface area is 83.5 Å². The van der Waals surface area contributed by atoms with Crippen LogP contribution in [0.4, 0.5) is 0 Å². The summed E-state index contributed by atoms with van der Waals surface area (Å²) < 4.78 is 0. The summed E-state index contributed by atoms with van der Waals surface area (Å²) in [4.78, 5) is 11.3. The summed E-state index contributed by atoms with van der Waals surface area (Å²) in [5.74, 6) is 1.07. The second-order valence-electron chi connectivity index (χ2n) is 3.82. The third kappa shape index (κ3) is 1.12. The summed E-state index contributed by atoms with van der Waals surface area (Å²) in [6, 6.07) is 0.709. The summed E-state index contributed by atoms with van der Waals surface area (Å²) in [7, 11) is 0. The summed E-state index contributed by atoms with van der Waals surface area (Å²) >= 11 is 0. The fourth-order valence-electron chi connectivity index (χ4n) is 2.22. The molecule has 0 saturated heterocycles. The van der Waals surface area contributed by atoms with Gasteiger partial charge in [0.15, 0.2) is 0 Å². The fourth-order valence-corrected chi connectivity index (χ4v) is 2.22. The molecule has 3 nitrogen and oxygen atoms in total. The minimum Gasteiger partial charge on any atom is -0.347 e. The maximum absolute atomic E-state index is 4.50. The Balaban J connectivity index is 1.99. The molecule has 0 aromatic rings. The van der Waals surface area contributed by atoms with Gasteiger partial charge in [0.1, 0.15) is 5.84 Å². The van der Waals surface area contributed by atoms with E-state index in [0.717, 1.165) is 25.3 Å². The van der Waals surface area contributed by atoms with Gasteiger partial charge >= 0.3 is 0 Å². The smallest absolute Gasteiger partial charge is 0.142 e. The molecular weight excluding hydrogens is 174 g/mol. The summed E-state index contributed by atoms with van der Waals surface area (Å²) in [6.07, 6.45) is 11.6. The van der Waals surface area contributed by atoms with Crippen molar-refractivity contribution in [2.45, 2.75) is 18.5 Å². The molecule has 0 aromatic carbocycles. The number of rotatable bonds is 0. The molecule has 2 atom stereocenters. The van der Waals surface area contributed by atoms with Gasteiger partial charge in [-0.2, -0.15) is 0 Å². The highest BCUT2D eigenvalue weighted by molar-refractivity contribution is 6.30. The van der Waals surface area contributed by atoms with Crippen molar-refractivity contribution in [3.8, 4) is 0 Å². The normalized spacial score (nSPS) is 33.7. The van der Waals surface area contributed by atoms with Crippen LogP contribution in [-0.2, 0) is 0 Å². The van der Waals surface area contributed by atoms with E-state index in [4.69, 9.17) is 0 Å². The lowest BCUT2D eigenvalue weighted by molar-refractivity contribution is 0.318. The number of hydrogen-bond acceptors (Lipinski definition) is 3. The number of amidine groups is 1. The Kier molecular flexibility index (Phi) is 1.76. The molecule has 0 fully saturated rings. The van der Waals surface area contributed by atoms with Crippen LogP contribution in [0.25, 0.3) is 0 Å². The Morgan fingerprint density at radius 1 is 1.29 bits per heavy atom. The van der Waals surface area contributed by atoms with Crippen molar-refractivity contribution in [1.29, 1.82) is 0 Å². The first-order chi connectivity index (χ1) is 6.95. The number of allylic oxidation sites excluding steroid dienone is 2. The third-order valence-electron chi connectivity index (χ3n) is 2.92. The van der Waals surface area contributed by atoms with Crippen LogP contribution in [0.5, 0.6) is 0 Å². The lowest BCUT2D eigenvalue weighted by atomic mass is 9.99. The van der Waals surface area contributed by atoms with Gasteiger partial charge in [0.05, 0.1) is 18.3 Å². The highest BCUT2D eigenvalue weighted by Crippen LogP contribution is 2.21. The van der Waals surface area contributed by atoms with Gasteiger partial charge in [-0.25, -0.2) is 0 Å². The van der Waals surface area contributed by atoms with Gasteiger partial charge in [0.2, 0.25) is 0 Å². The van der Waals surface area contributed by atoms with E-state index in [9.17, 15) is 0 Å². The van der Waals surface area contributed by atoms with E-state index >= 15 is 0 Å². The largest absolute Gasteiger partial charge is 0.347 e. The Morgan fingerprint density at radius 3 is 3.21 bits per heavy atom. The summed E-state index contributed by atoms with van der Waals surface area (Å²) in [5.41, 5.74) is 0. The van der Waals surface area contributed by atoms with Crippen molar-refractivity contribution < 1.29 is 0 Å². The van der Waals surface area contributed by atoms with Crippen LogP contribution in [0.2, 0.25) is 0 Å². The molecule has 0 saturated carbocycles. The molecular formula is C11H13N3. The minimum absolute atomic E-state index is 0.303. The Bertz CT molecular complexity index is 352. The molecule has 2 unspecified atom stereocenters. The first kappa shape index (κ1) is 7.97. The van der Waals surface area contributed by atoms with E-state index in [1.54, 1.807) is 0 Å². The van der Waals surface area contributed by atoms with Gasteiger partial charge in [0.25, 0.3) is 0 Å². The van der Waals surface area contributed by atoms with Gasteiger partial charge < -0.3 is 4.90 Å². The molecule has 0 bridgehead atoms. The summed E-state index contributed by atoms with van der Waals surface area (Å²) in [5, 5.41) is 0. The standard InChI is InChI=1S/C11H13N3/c1-2-5-10-9(4-1)13-8-11-12-6-3-7-14(10)11/h1-2,4-5,8-10H,3,6-7H2. The van der Waals surface area contributed by atoms with Crippen LogP contribution < -0.4 is 0 Å². The molecule has 0 radical (unpaired) electrons. The molecule has 1 aliphatic carbocycles. The van der Waals surface area contributed by atoms with Gasteiger partial charge in [-0.15, -0.1) is 0 Å². The topological polar surface area (TPSA) is 28.0 Å². The molecule has 0 N–H and O–H groups in total. The van der Waals surface area contributed by atoms with E-state index < -0.39 is 0 Å². The SMILES string of the molecule is C1=CC2N=CC3=NCCCN3C2C=C1. The van der Waals surface area contributed by atoms with Crippen molar-refractivity contribution in [2.24, 2.45) is 9.98 Å². The molecule has 72 valence electrons. The van der Waals surface area contributed by atoms with Crippen LogP contribution in [0.3, 0.4) is 0 Å². The van der Waals surface area contributed by atoms with Gasteiger partial charge in [-0.3, -0.25) is 9.98 Å². The van der Waals surface area contributed by atoms with Crippen LogP contribution in [-0.4, -0.2) is 42.1 Å². The molecule has 2 heterocycles. The van der Waals surface area contributed by atoms with Crippen LogP contribution in [0.15, 0.2) is 34.3 Å². The quantitative estimate of drug-likeness (QED) is 0.557. The Hall–Kier alpha value is -1.38. The van der Waals surface area contributed by atoms with Gasteiger partial charge in [-0.05, 0) is 6.42 Å². The molecule has 2 aliphatic heterocycles. The number of aliphatic imine (C=N–C) groups is 2. The second kappa shape index (κ2) is 3.08. The van der Waals surface area contributed by atoms with Crippen LogP contribution >= 0.6 is 0 Å². The van der Waals surface area contributed by atoms with Crippen LogP contribution in [0, 0.1) is 0 Å². The molecule has 3 rings (SSSR count). The maximum atomic E-state index is 4.50. The molecule has 14 heavy (non-hydrogen) atoms. The molecule has 0 amide bonds. The second-order valence-corrected chi connectivity index (χ2v) is 3.82. The lowest BCUT2D eigenvalue weighted by Gasteiger charge is -2.39. The van der Waals surface area contributed by atoms with E-state index in [2.05, 4.69) is 39.2 Å². The van der Waals surface area contributed by atoms with E-state index in [-0.39, 0.29) is 0 Å². The maximum Gasteiger partial charge on any atom is 0.142 e. The van der Waals surface area contributed by atoms with Crippen LogP contribution in [0.1, 0.15) is 6.42 Å². The van der Waals surface area contributed by atoms with E-state index in [0.29, 0.717) is 12.1 Å². The highest BCUT2D eigenvalue weighted by Gasteiger charge is 2.30. The van der Waals surface area contributed by atoms with Gasteiger partial charge in [-0.1, -0.05) is 24.3 Å². The Morgan fingerprint density at radius 2 is 2.21 bits per heavy atom. The molecule has 0 aromatic heterocycles. The number of hydrogen-bond donors (Lipinski definition) is 0. The predicted octanol–water partition coefficient (Wildman–Crippen LogP) is 1.04. The lowest BCUT2D eigenvalue weighted by Crippen LogP contribution is -2.51. The molecule has 3 heteroatoms. The predicted molar refractivity (Wildman–Crippen MR) is 58.0 cm³/mol. The summed E-state index contributed by atoms with van der Waals surface area (Å²) in [6.45, 7) is 2.07. The average molecular weight is 187 g/mol. The van der Waals surface area contributed by atoms with Crippen molar-refractivity contribution >= 4 is 12.1 Å². The van der Waals surface area contributed by atoms with E-state index in [1.165, 1.54) is 0 Å². The van der Waals surface area contributed by atoms with Crippen molar-refractivity contribution in [3.05, 3.63) is 24.3 Å². The number of nitrogens with zero attached hydrogens (tertiary/aromatic N) is 3.